The Balaban J connectivity index is 2.48. The minimum atomic E-state index is -3.66. The number of sulfonamides is 1. The molecule has 0 spiro atoms. The zero-order chi connectivity index (χ0) is 15.8. The van der Waals surface area contributed by atoms with Crippen LogP contribution in [0.2, 0.25) is 5.15 Å². The number of benzene rings is 1. The number of anilines is 1. The summed E-state index contributed by atoms with van der Waals surface area (Å²) in [6.45, 7) is 7.23. The van der Waals surface area contributed by atoms with E-state index in [9.17, 15) is 8.42 Å². The number of hydrogen-bond donors (Lipinski definition) is 1. The summed E-state index contributed by atoms with van der Waals surface area (Å²) in [4.78, 5) is 4.36. The fourth-order valence-electron chi connectivity index (χ4n) is 2.42. The van der Waals surface area contributed by atoms with Crippen molar-refractivity contribution in [3.8, 4) is 0 Å². The normalized spacial score (nSPS) is 11.5. The Labute approximate surface area is 130 Å². The van der Waals surface area contributed by atoms with Gasteiger partial charge < -0.3 is 0 Å². The first-order chi connectivity index (χ1) is 9.70. The SMILES string of the molecule is Cc1cc(C)c(S(=O)(=O)Nc2ccc(Cl)nc2C)c(C)c1. The molecular formula is C15H17ClN2O2S. The van der Waals surface area contributed by atoms with Gasteiger partial charge in [0.25, 0.3) is 10.0 Å². The largest absolute Gasteiger partial charge is 0.278 e. The molecule has 0 aliphatic carbocycles. The van der Waals surface area contributed by atoms with E-state index in [4.69, 9.17) is 11.6 Å². The monoisotopic (exact) mass is 324 g/mol. The van der Waals surface area contributed by atoms with E-state index in [1.165, 1.54) is 0 Å². The molecule has 0 unspecified atom stereocenters. The van der Waals surface area contributed by atoms with Crippen LogP contribution in [0.3, 0.4) is 0 Å². The number of nitrogens with zero attached hydrogens (tertiary/aromatic N) is 1. The van der Waals surface area contributed by atoms with Gasteiger partial charge in [0, 0.05) is 0 Å². The first-order valence-electron chi connectivity index (χ1n) is 6.44. The molecule has 0 saturated heterocycles. The highest BCUT2D eigenvalue weighted by Crippen LogP contribution is 2.25. The van der Waals surface area contributed by atoms with E-state index in [2.05, 4.69) is 9.71 Å². The molecule has 1 N–H and O–H groups in total. The minimum Gasteiger partial charge on any atom is -0.278 e. The summed E-state index contributed by atoms with van der Waals surface area (Å²) in [5.41, 5.74) is 3.44. The van der Waals surface area contributed by atoms with Gasteiger partial charge in [0.15, 0.2) is 0 Å². The highest BCUT2D eigenvalue weighted by Gasteiger charge is 2.20. The lowest BCUT2D eigenvalue weighted by Gasteiger charge is -2.15. The molecule has 0 amide bonds. The maximum absolute atomic E-state index is 12.6. The van der Waals surface area contributed by atoms with Crippen molar-refractivity contribution in [2.24, 2.45) is 0 Å². The Hall–Kier alpha value is -1.59. The molecule has 21 heavy (non-hydrogen) atoms. The van der Waals surface area contributed by atoms with Gasteiger partial charge >= 0.3 is 0 Å². The van der Waals surface area contributed by atoms with Gasteiger partial charge in [-0.25, -0.2) is 13.4 Å². The van der Waals surface area contributed by atoms with Crippen LogP contribution in [0.15, 0.2) is 29.2 Å². The summed E-state index contributed by atoms with van der Waals surface area (Å²) in [6, 6.07) is 6.88. The zero-order valence-corrected chi connectivity index (χ0v) is 13.9. The number of aryl methyl sites for hydroxylation is 4. The van der Waals surface area contributed by atoms with E-state index < -0.39 is 10.0 Å². The van der Waals surface area contributed by atoms with Crippen LogP contribution in [-0.2, 0) is 10.0 Å². The highest BCUT2D eigenvalue weighted by molar-refractivity contribution is 7.92. The quantitative estimate of drug-likeness (QED) is 0.874. The van der Waals surface area contributed by atoms with Crippen LogP contribution in [-0.4, -0.2) is 13.4 Å². The molecule has 0 aliphatic heterocycles. The van der Waals surface area contributed by atoms with Crippen LogP contribution in [0.1, 0.15) is 22.4 Å². The van der Waals surface area contributed by atoms with E-state index in [0.717, 1.165) is 16.7 Å². The fraction of sp³-hybridized carbons (Fsp3) is 0.267. The average Bonchev–Trinajstić information content (AvgIpc) is 2.30. The van der Waals surface area contributed by atoms with Crippen LogP contribution in [0.5, 0.6) is 0 Å². The van der Waals surface area contributed by atoms with E-state index in [0.29, 0.717) is 21.4 Å². The van der Waals surface area contributed by atoms with E-state index in [1.807, 2.05) is 19.1 Å². The third-order valence-electron chi connectivity index (χ3n) is 3.17. The van der Waals surface area contributed by atoms with Gasteiger partial charge in [0.2, 0.25) is 0 Å². The lowest BCUT2D eigenvalue weighted by atomic mass is 10.1. The van der Waals surface area contributed by atoms with Crippen LogP contribution >= 0.6 is 11.6 Å². The van der Waals surface area contributed by atoms with Crippen molar-refractivity contribution in [3.05, 3.63) is 51.8 Å². The second-order valence-corrected chi connectivity index (χ2v) is 7.11. The van der Waals surface area contributed by atoms with Gasteiger partial charge in [-0.1, -0.05) is 29.3 Å². The molecule has 1 heterocycles. The molecule has 0 radical (unpaired) electrons. The van der Waals surface area contributed by atoms with Crippen LogP contribution < -0.4 is 4.72 Å². The predicted octanol–water partition coefficient (Wildman–Crippen LogP) is 3.77. The molecule has 0 saturated carbocycles. The number of aromatic nitrogens is 1. The molecular weight excluding hydrogens is 308 g/mol. The van der Waals surface area contributed by atoms with E-state index >= 15 is 0 Å². The van der Waals surface area contributed by atoms with Gasteiger partial charge in [0.1, 0.15) is 5.15 Å². The Kier molecular flexibility index (Phi) is 4.25. The van der Waals surface area contributed by atoms with Crippen LogP contribution in [0.4, 0.5) is 5.69 Å². The molecule has 2 rings (SSSR count). The smallest absolute Gasteiger partial charge is 0.262 e. The third-order valence-corrected chi connectivity index (χ3v) is 5.05. The number of nitrogens with one attached hydrogen (secondary N) is 1. The summed E-state index contributed by atoms with van der Waals surface area (Å²) in [7, 11) is -3.66. The number of rotatable bonds is 3. The first kappa shape index (κ1) is 15.8. The molecule has 2 aromatic rings. The van der Waals surface area contributed by atoms with Gasteiger partial charge in [-0.05, 0) is 51.0 Å². The van der Waals surface area contributed by atoms with Crippen molar-refractivity contribution < 1.29 is 8.42 Å². The number of halogens is 1. The average molecular weight is 325 g/mol. The van der Waals surface area contributed by atoms with Crippen LogP contribution in [0, 0.1) is 27.7 Å². The summed E-state index contributed by atoms with van der Waals surface area (Å²) in [6.07, 6.45) is 0. The van der Waals surface area contributed by atoms with Crippen molar-refractivity contribution in [2.75, 3.05) is 4.72 Å². The van der Waals surface area contributed by atoms with Gasteiger partial charge in [-0.3, -0.25) is 4.72 Å². The van der Waals surface area contributed by atoms with Crippen molar-refractivity contribution in [1.82, 2.24) is 4.98 Å². The molecule has 6 heteroatoms. The highest BCUT2D eigenvalue weighted by atomic mass is 35.5. The molecule has 112 valence electrons. The Morgan fingerprint density at radius 2 is 1.62 bits per heavy atom. The van der Waals surface area contributed by atoms with Gasteiger partial charge in [0.05, 0.1) is 16.3 Å². The summed E-state index contributed by atoms with van der Waals surface area (Å²) in [5, 5.41) is 0.332. The molecule has 1 aromatic carbocycles. The third kappa shape index (κ3) is 3.36. The van der Waals surface area contributed by atoms with E-state index in [1.54, 1.807) is 32.9 Å². The second-order valence-electron chi connectivity index (χ2n) is 5.10. The molecule has 0 fully saturated rings. The molecule has 0 bridgehead atoms. The number of hydrogen-bond acceptors (Lipinski definition) is 3. The van der Waals surface area contributed by atoms with E-state index in [-0.39, 0.29) is 0 Å². The zero-order valence-electron chi connectivity index (χ0n) is 12.4. The van der Waals surface area contributed by atoms with Crippen molar-refractivity contribution in [1.29, 1.82) is 0 Å². The predicted molar refractivity (Wildman–Crippen MR) is 85.4 cm³/mol. The standard InChI is InChI=1S/C15H17ClN2O2S/c1-9-7-10(2)15(11(3)8-9)21(19,20)18-13-5-6-14(16)17-12(13)4/h5-8,18H,1-4H3. The topological polar surface area (TPSA) is 59.1 Å². The Morgan fingerprint density at radius 1 is 1.05 bits per heavy atom. The van der Waals surface area contributed by atoms with Crippen molar-refractivity contribution >= 4 is 27.3 Å². The first-order valence-corrected chi connectivity index (χ1v) is 8.30. The lowest BCUT2D eigenvalue weighted by molar-refractivity contribution is 0.600. The lowest BCUT2D eigenvalue weighted by Crippen LogP contribution is -2.17. The Morgan fingerprint density at radius 3 is 2.14 bits per heavy atom. The maximum atomic E-state index is 12.6. The maximum Gasteiger partial charge on any atom is 0.262 e. The van der Waals surface area contributed by atoms with Crippen LogP contribution in [0.25, 0.3) is 0 Å². The minimum absolute atomic E-state index is 0.308. The molecule has 1 aromatic heterocycles. The molecule has 0 atom stereocenters. The van der Waals surface area contributed by atoms with Gasteiger partial charge in [-0.15, -0.1) is 0 Å². The summed E-state index contributed by atoms with van der Waals surface area (Å²) in [5.74, 6) is 0. The van der Waals surface area contributed by atoms with Gasteiger partial charge in [-0.2, -0.15) is 0 Å². The fourth-order valence-corrected chi connectivity index (χ4v) is 4.19. The Bertz CT molecular complexity index is 778. The second kappa shape index (κ2) is 5.66. The molecule has 4 nitrogen and oxygen atoms in total. The molecule has 0 aliphatic rings. The van der Waals surface area contributed by atoms with Crippen molar-refractivity contribution in [2.45, 2.75) is 32.6 Å². The van der Waals surface area contributed by atoms with Crippen molar-refractivity contribution in [3.63, 3.8) is 0 Å². The summed E-state index contributed by atoms with van der Waals surface area (Å²) < 4.78 is 27.8. The number of pyridine rings is 1. The summed E-state index contributed by atoms with van der Waals surface area (Å²) >= 11 is 5.78.